The second-order valence-corrected chi connectivity index (χ2v) is 9.20. The van der Waals surface area contributed by atoms with Crippen LogP contribution in [0.2, 0.25) is 0 Å². The molecule has 10 heteroatoms. The zero-order chi connectivity index (χ0) is 28.6. The van der Waals surface area contributed by atoms with Gasteiger partial charge in [-0.05, 0) is 51.0 Å². The fourth-order valence-corrected chi connectivity index (χ4v) is 4.91. The summed E-state index contributed by atoms with van der Waals surface area (Å²) < 4.78 is 5.27. The molecule has 2 aromatic carbocycles. The average molecular weight is 534 g/mol. The zero-order valence-electron chi connectivity index (χ0n) is 22.4. The molecule has 3 unspecified atom stereocenters. The van der Waals surface area contributed by atoms with E-state index in [-0.39, 0.29) is 52.0 Å². The third-order valence-corrected chi connectivity index (χ3v) is 6.71. The Kier molecular flexibility index (Phi) is 11.7. The van der Waals surface area contributed by atoms with Crippen molar-refractivity contribution in [3.05, 3.63) is 51.6 Å². The fourth-order valence-electron chi connectivity index (χ4n) is 4.91. The van der Waals surface area contributed by atoms with E-state index in [0.29, 0.717) is 42.5 Å². The number of ketones is 2. The standard InChI is InChI=1S/C19H16O6.C6H13NO.C2H6.CH4O2/c20-7-8-4-5-9-11(6-8)18(24)14-15(16(9)22)19(25)13-10(17(14)23)2-1-3-12(13)21;1-5-4-6(7)2-3-8-5;1-2;1-3-2/h1-3,8,20-22,24H,4-7H2;5-6H,2-4,7H2,1H3;1-2H3;2H,1H3. The quantitative estimate of drug-likeness (QED) is 0.154. The minimum absolute atomic E-state index is 0.00154. The van der Waals surface area contributed by atoms with Gasteiger partial charge >= 0.3 is 0 Å². The molecule has 3 atom stereocenters. The number of ether oxygens (including phenoxy) is 1. The molecule has 3 aliphatic rings. The first kappa shape index (κ1) is 31.2. The predicted octanol–water partition coefficient (Wildman–Crippen LogP) is 3.32. The SMILES string of the molecule is CC.CC1CC(N)CCO1.COO.O=C1c2cccc(O)c2C(=O)c2c(O)c3c(c(O)c21)CC(CO)CC3. The second kappa shape index (κ2) is 14.2. The van der Waals surface area contributed by atoms with Crippen LogP contribution in [0, 0.1) is 5.92 Å². The smallest absolute Gasteiger partial charge is 0.202 e. The summed E-state index contributed by atoms with van der Waals surface area (Å²) >= 11 is 0. The monoisotopic (exact) mass is 533 g/mol. The van der Waals surface area contributed by atoms with Crippen molar-refractivity contribution < 1.29 is 44.9 Å². The molecule has 2 aliphatic carbocycles. The summed E-state index contributed by atoms with van der Waals surface area (Å²) in [5.74, 6) is -2.32. The molecule has 10 nitrogen and oxygen atoms in total. The Hall–Kier alpha value is -3.02. The number of carbonyl (C=O) groups excluding carboxylic acids is 2. The number of hydrogen-bond donors (Lipinski definition) is 6. The fraction of sp³-hybridized carbons (Fsp3) is 0.500. The van der Waals surface area contributed by atoms with Crippen LogP contribution in [-0.4, -0.2) is 69.7 Å². The number of hydrogen-bond acceptors (Lipinski definition) is 10. The third-order valence-electron chi connectivity index (χ3n) is 6.71. The first-order valence-electron chi connectivity index (χ1n) is 12.8. The number of phenols is 3. The van der Waals surface area contributed by atoms with Gasteiger partial charge in [0.2, 0.25) is 5.78 Å². The lowest BCUT2D eigenvalue weighted by Gasteiger charge is -2.29. The van der Waals surface area contributed by atoms with Crippen LogP contribution in [0.4, 0.5) is 0 Å². The molecule has 7 N–H and O–H groups in total. The predicted molar refractivity (Wildman–Crippen MR) is 141 cm³/mol. The van der Waals surface area contributed by atoms with Gasteiger partial charge < -0.3 is 30.9 Å². The van der Waals surface area contributed by atoms with Gasteiger partial charge in [-0.15, -0.1) is 0 Å². The average Bonchev–Trinajstić information content (AvgIpc) is 2.90. The maximum absolute atomic E-state index is 12.8. The van der Waals surface area contributed by atoms with Crippen LogP contribution in [0.3, 0.4) is 0 Å². The molecule has 210 valence electrons. The van der Waals surface area contributed by atoms with Crippen molar-refractivity contribution in [2.24, 2.45) is 11.7 Å². The van der Waals surface area contributed by atoms with E-state index < -0.39 is 11.6 Å². The molecule has 5 rings (SSSR count). The van der Waals surface area contributed by atoms with E-state index in [0.717, 1.165) is 19.4 Å². The number of aromatic hydroxyl groups is 3. The molecule has 1 fully saturated rings. The van der Waals surface area contributed by atoms with E-state index in [4.69, 9.17) is 15.7 Å². The molecule has 38 heavy (non-hydrogen) atoms. The molecule has 0 amide bonds. The summed E-state index contributed by atoms with van der Waals surface area (Å²) in [6.45, 7) is 6.86. The molecular formula is C28H39NO9. The molecule has 0 bridgehead atoms. The van der Waals surface area contributed by atoms with Crippen LogP contribution in [0.15, 0.2) is 18.2 Å². The summed E-state index contributed by atoms with van der Waals surface area (Å²) in [4.78, 5) is 28.9. The van der Waals surface area contributed by atoms with E-state index in [1.54, 1.807) is 0 Å². The van der Waals surface area contributed by atoms with Crippen LogP contribution < -0.4 is 5.73 Å². The minimum Gasteiger partial charge on any atom is -0.507 e. The molecule has 1 aliphatic heterocycles. The second-order valence-electron chi connectivity index (χ2n) is 9.20. The summed E-state index contributed by atoms with van der Waals surface area (Å²) in [5.41, 5.74) is 5.86. The van der Waals surface area contributed by atoms with Gasteiger partial charge in [-0.25, -0.2) is 4.89 Å². The number of aliphatic hydroxyl groups excluding tert-OH is 1. The van der Waals surface area contributed by atoms with Crippen molar-refractivity contribution in [3.63, 3.8) is 0 Å². The van der Waals surface area contributed by atoms with Crippen molar-refractivity contribution in [2.45, 2.75) is 65.0 Å². The van der Waals surface area contributed by atoms with Gasteiger partial charge in [-0.2, -0.15) is 0 Å². The highest BCUT2D eigenvalue weighted by atomic mass is 17.1. The Morgan fingerprint density at radius 1 is 1.00 bits per heavy atom. The Bertz CT molecular complexity index is 1120. The van der Waals surface area contributed by atoms with Crippen LogP contribution in [0.25, 0.3) is 0 Å². The van der Waals surface area contributed by atoms with E-state index in [2.05, 4.69) is 11.8 Å². The van der Waals surface area contributed by atoms with E-state index in [9.17, 15) is 30.0 Å². The van der Waals surface area contributed by atoms with Crippen molar-refractivity contribution in [2.75, 3.05) is 20.3 Å². The maximum atomic E-state index is 12.8. The summed E-state index contributed by atoms with van der Waals surface area (Å²) in [6.07, 6.45) is 3.78. The highest BCUT2D eigenvalue weighted by molar-refractivity contribution is 6.31. The largest absolute Gasteiger partial charge is 0.507 e. The van der Waals surface area contributed by atoms with Crippen LogP contribution in [0.1, 0.15) is 83.0 Å². The molecule has 0 saturated carbocycles. The molecule has 1 saturated heterocycles. The summed E-state index contributed by atoms with van der Waals surface area (Å²) in [6, 6.07) is 4.54. The molecule has 1 heterocycles. The third kappa shape index (κ3) is 6.51. The lowest BCUT2D eigenvalue weighted by Crippen LogP contribution is -2.32. The first-order chi connectivity index (χ1) is 18.2. The van der Waals surface area contributed by atoms with Crippen molar-refractivity contribution >= 4 is 11.6 Å². The van der Waals surface area contributed by atoms with Crippen molar-refractivity contribution in [1.82, 2.24) is 0 Å². The van der Waals surface area contributed by atoms with Gasteiger partial charge in [0.25, 0.3) is 0 Å². The molecule has 0 aromatic heterocycles. The Morgan fingerprint density at radius 3 is 2.16 bits per heavy atom. The highest BCUT2D eigenvalue weighted by Crippen LogP contribution is 2.47. The molecule has 0 spiro atoms. The van der Waals surface area contributed by atoms with Crippen LogP contribution >= 0.6 is 0 Å². The molecule has 2 aromatic rings. The number of nitrogens with two attached hydrogens (primary N) is 1. The van der Waals surface area contributed by atoms with Crippen LogP contribution in [0.5, 0.6) is 17.2 Å². The first-order valence-corrected chi connectivity index (χ1v) is 12.8. The van der Waals surface area contributed by atoms with E-state index >= 15 is 0 Å². The lowest BCUT2D eigenvalue weighted by atomic mass is 9.75. The van der Waals surface area contributed by atoms with E-state index in [1.807, 2.05) is 13.8 Å². The summed E-state index contributed by atoms with van der Waals surface area (Å²) in [7, 11) is 1.18. The van der Waals surface area contributed by atoms with Crippen molar-refractivity contribution in [3.8, 4) is 17.2 Å². The summed E-state index contributed by atoms with van der Waals surface area (Å²) in [5, 5.41) is 47.8. The van der Waals surface area contributed by atoms with Gasteiger partial charge in [-0.3, -0.25) is 14.8 Å². The minimum atomic E-state index is -0.678. The maximum Gasteiger partial charge on any atom is 0.202 e. The van der Waals surface area contributed by atoms with Gasteiger partial charge in [-0.1, -0.05) is 26.0 Å². The van der Waals surface area contributed by atoms with Crippen LogP contribution in [-0.2, 0) is 22.5 Å². The number of aliphatic hydroxyl groups is 1. The molecule has 0 radical (unpaired) electrons. The van der Waals surface area contributed by atoms with Gasteiger partial charge in [0.05, 0.1) is 29.9 Å². The van der Waals surface area contributed by atoms with Gasteiger partial charge in [0, 0.05) is 35.9 Å². The van der Waals surface area contributed by atoms with Gasteiger partial charge in [0.1, 0.15) is 17.2 Å². The normalized spacial score (nSPS) is 21.2. The zero-order valence-corrected chi connectivity index (χ0v) is 22.4. The number of fused-ring (bicyclic) bond motifs is 3. The Morgan fingerprint density at radius 2 is 1.61 bits per heavy atom. The number of rotatable bonds is 1. The molecular weight excluding hydrogens is 494 g/mol. The van der Waals surface area contributed by atoms with E-state index in [1.165, 1.54) is 25.3 Å². The van der Waals surface area contributed by atoms with Crippen molar-refractivity contribution in [1.29, 1.82) is 0 Å². The van der Waals surface area contributed by atoms with Gasteiger partial charge in [0.15, 0.2) is 5.78 Å². The number of carbonyl (C=O) groups is 2. The number of benzene rings is 2. The highest BCUT2D eigenvalue weighted by Gasteiger charge is 2.40. The topological polar surface area (TPSA) is 180 Å². The number of phenolic OH excluding ortho intramolecular Hbond substituents is 3. The Balaban J connectivity index is 0.000000326. The Labute approximate surface area is 222 Å². The lowest BCUT2D eigenvalue weighted by molar-refractivity contribution is -0.214.